The topological polar surface area (TPSA) is 52.3 Å². The Morgan fingerprint density at radius 1 is 1.15 bits per heavy atom. The second-order valence-corrected chi connectivity index (χ2v) is 5.75. The fraction of sp³-hybridized carbons (Fsp3) is 0.588. The molecule has 3 nitrogen and oxygen atoms in total. The number of rotatable bonds is 8. The average molecular weight is 275 g/mol. The molecule has 0 heterocycles. The highest BCUT2D eigenvalue weighted by atomic mass is 16.5. The average Bonchev–Trinajstić information content (AvgIpc) is 3.25. The van der Waals surface area contributed by atoms with Crippen LogP contribution in [-0.4, -0.2) is 12.6 Å². The van der Waals surface area contributed by atoms with Crippen LogP contribution in [0.2, 0.25) is 0 Å². The van der Waals surface area contributed by atoms with Gasteiger partial charge in [-0.15, -0.1) is 0 Å². The molecule has 0 atom stereocenters. The number of anilines is 1. The molecule has 1 fully saturated rings. The molecule has 0 saturated heterocycles. The smallest absolute Gasteiger partial charge is 0.316 e. The van der Waals surface area contributed by atoms with Gasteiger partial charge >= 0.3 is 5.97 Å². The minimum Gasteiger partial charge on any atom is -0.465 e. The molecule has 0 bridgehead atoms. The van der Waals surface area contributed by atoms with E-state index < -0.39 is 0 Å². The zero-order chi connectivity index (χ0) is 14.4. The van der Waals surface area contributed by atoms with Gasteiger partial charge in [-0.05, 0) is 37.0 Å². The van der Waals surface area contributed by atoms with Gasteiger partial charge in [-0.2, -0.15) is 0 Å². The monoisotopic (exact) mass is 275 g/mol. The third-order valence-electron chi connectivity index (χ3n) is 4.09. The van der Waals surface area contributed by atoms with Crippen LogP contribution < -0.4 is 5.73 Å². The molecule has 0 amide bonds. The second-order valence-electron chi connectivity index (χ2n) is 5.75. The summed E-state index contributed by atoms with van der Waals surface area (Å²) >= 11 is 0. The SMILES string of the molecule is CCCCCCCOC(=O)C1(c2ccc(N)cc2)CC1. The first kappa shape index (κ1) is 14.9. The molecule has 0 radical (unpaired) electrons. The number of nitrogens with two attached hydrogens (primary N) is 1. The van der Waals surface area contributed by atoms with Crippen LogP contribution in [0.5, 0.6) is 0 Å². The molecule has 1 aliphatic carbocycles. The van der Waals surface area contributed by atoms with Gasteiger partial charge in [0.1, 0.15) is 0 Å². The normalized spacial score (nSPS) is 15.8. The van der Waals surface area contributed by atoms with Crippen molar-refractivity contribution < 1.29 is 9.53 Å². The molecule has 1 aromatic carbocycles. The lowest BCUT2D eigenvalue weighted by molar-refractivity contribution is -0.146. The summed E-state index contributed by atoms with van der Waals surface area (Å²) in [7, 11) is 0. The van der Waals surface area contributed by atoms with Gasteiger partial charge in [-0.3, -0.25) is 4.79 Å². The van der Waals surface area contributed by atoms with E-state index in [9.17, 15) is 4.79 Å². The van der Waals surface area contributed by atoms with Gasteiger partial charge in [-0.25, -0.2) is 0 Å². The minimum absolute atomic E-state index is 0.0576. The van der Waals surface area contributed by atoms with Crippen molar-refractivity contribution in [3.63, 3.8) is 0 Å². The molecule has 1 aliphatic rings. The summed E-state index contributed by atoms with van der Waals surface area (Å²) in [4.78, 5) is 12.2. The molecule has 2 N–H and O–H groups in total. The zero-order valence-electron chi connectivity index (χ0n) is 12.4. The molecule has 3 heteroatoms. The Morgan fingerprint density at radius 3 is 2.40 bits per heavy atom. The zero-order valence-corrected chi connectivity index (χ0v) is 12.4. The van der Waals surface area contributed by atoms with Crippen molar-refractivity contribution in [3.05, 3.63) is 29.8 Å². The standard InChI is InChI=1S/C17H25NO2/c1-2-3-4-5-6-13-20-16(19)17(11-12-17)14-7-9-15(18)10-8-14/h7-10H,2-6,11-13,18H2,1H3. The van der Waals surface area contributed by atoms with Crippen LogP contribution in [0.15, 0.2) is 24.3 Å². The molecule has 1 aromatic rings. The third-order valence-corrected chi connectivity index (χ3v) is 4.09. The van der Waals surface area contributed by atoms with Crippen molar-refractivity contribution in [1.29, 1.82) is 0 Å². The van der Waals surface area contributed by atoms with Crippen molar-refractivity contribution in [2.45, 2.75) is 57.3 Å². The quantitative estimate of drug-likeness (QED) is 0.446. The van der Waals surface area contributed by atoms with Gasteiger partial charge < -0.3 is 10.5 Å². The first-order valence-electron chi connectivity index (χ1n) is 7.72. The summed E-state index contributed by atoms with van der Waals surface area (Å²) in [6, 6.07) is 7.61. The van der Waals surface area contributed by atoms with Gasteiger partial charge in [0.15, 0.2) is 0 Å². The molecule has 2 rings (SSSR count). The van der Waals surface area contributed by atoms with E-state index in [0.717, 1.165) is 36.9 Å². The fourth-order valence-electron chi connectivity index (χ4n) is 2.55. The summed E-state index contributed by atoms with van der Waals surface area (Å²) in [6.45, 7) is 2.75. The summed E-state index contributed by atoms with van der Waals surface area (Å²) in [6.07, 6.45) is 7.65. The highest BCUT2D eigenvalue weighted by molar-refractivity contribution is 5.86. The maximum atomic E-state index is 12.2. The highest BCUT2D eigenvalue weighted by Gasteiger charge is 2.52. The van der Waals surface area contributed by atoms with E-state index >= 15 is 0 Å². The predicted octanol–water partition coefficient (Wildman–Crippen LogP) is 3.81. The van der Waals surface area contributed by atoms with Gasteiger partial charge in [0, 0.05) is 5.69 Å². The number of nitrogen functional groups attached to an aromatic ring is 1. The lowest BCUT2D eigenvalue weighted by Gasteiger charge is -2.15. The van der Waals surface area contributed by atoms with Gasteiger partial charge in [0.05, 0.1) is 12.0 Å². The van der Waals surface area contributed by atoms with Crippen molar-refractivity contribution in [2.24, 2.45) is 0 Å². The maximum absolute atomic E-state index is 12.2. The van der Waals surface area contributed by atoms with Crippen molar-refractivity contribution in [1.82, 2.24) is 0 Å². The van der Waals surface area contributed by atoms with E-state index in [0.29, 0.717) is 6.61 Å². The molecular formula is C17H25NO2. The minimum atomic E-state index is -0.378. The van der Waals surface area contributed by atoms with Crippen LogP contribution in [-0.2, 0) is 14.9 Å². The van der Waals surface area contributed by atoms with Crippen LogP contribution in [0, 0.1) is 0 Å². The van der Waals surface area contributed by atoms with E-state index in [1.807, 2.05) is 24.3 Å². The second kappa shape index (κ2) is 6.78. The maximum Gasteiger partial charge on any atom is 0.316 e. The summed E-state index contributed by atoms with van der Waals surface area (Å²) in [5.41, 5.74) is 7.09. The van der Waals surface area contributed by atoms with Crippen LogP contribution in [0.3, 0.4) is 0 Å². The van der Waals surface area contributed by atoms with E-state index in [-0.39, 0.29) is 11.4 Å². The third kappa shape index (κ3) is 3.53. The summed E-state index contributed by atoms with van der Waals surface area (Å²) in [5, 5.41) is 0. The van der Waals surface area contributed by atoms with E-state index in [1.54, 1.807) is 0 Å². The Hall–Kier alpha value is -1.51. The Bertz CT molecular complexity index is 435. The highest BCUT2D eigenvalue weighted by Crippen LogP contribution is 2.49. The van der Waals surface area contributed by atoms with Gasteiger partial charge in [-0.1, -0.05) is 44.7 Å². The number of esters is 1. The van der Waals surface area contributed by atoms with Crippen molar-refractivity contribution >= 4 is 11.7 Å². The fourth-order valence-corrected chi connectivity index (χ4v) is 2.55. The van der Waals surface area contributed by atoms with Crippen LogP contribution in [0.25, 0.3) is 0 Å². The van der Waals surface area contributed by atoms with Crippen LogP contribution in [0.1, 0.15) is 57.4 Å². The molecule has 0 spiro atoms. The van der Waals surface area contributed by atoms with E-state index in [1.165, 1.54) is 19.3 Å². The molecular weight excluding hydrogens is 250 g/mol. The predicted molar refractivity (Wildman–Crippen MR) is 81.5 cm³/mol. The molecule has 0 aliphatic heterocycles. The molecule has 20 heavy (non-hydrogen) atoms. The van der Waals surface area contributed by atoms with Crippen LogP contribution >= 0.6 is 0 Å². The Morgan fingerprint density at radius 2 is 1.80 bits per heavy atom. The number of hydrogen-bond donors (Lipinski definition) is 1. The van der Waals surface area contributed by atoms with Gasteiger partial charge in [0.25, 0.3) is 0 Å². The van der Waals surface area contributed by atoms with Gasteiger partial charge in [0.2, 0.25) is 0 Å². The first-order valence-corrected chi connectivity index (χ1v) is 7.72. The molecule has 110 valence electrons. The van der Waals surface area contributed by atoms with E-state index in [2.05, 4.69) is 6.92 Å². The molecule has 1 saturated carbocycles. The molecule has 0 unspecified atom stereocenters. The number of carbonyl (C=O) groups is 1. The largest absolute Gasteiger partial charge is 0.465 e. The first-order chi connectivity index (χ1) is 9.69. The Labute approximate surface area is 121 Å². The summed E-state index contributed by atoms with van der Waals surface area (Å²) < 4.78 is 5.46. The van der Waals surface area contributed by atoms with Crippen LogP contribution in [0.4, 0.5) is 5.69 Å². The van der Waals surface area contributed by atoms with Crippen molar-refractivity contribution in [3.8, 4) is 0 Å². The van der Waals surface area contributed by atoms with E-state index in [4.69, 9.17) is 10.5 Å². The van der Waals surface area contributed by atoms with Crippen molar-refractivity contribution in [2.75, 3.05) is 12.3 Å². The lowest BCUT2D eigenvalue weighted by atomic mass is 9.96. The number of benzene rings is 1. The number of ether oxygens (including phenoxy) is 1. The summed E-state index contributed by atoms with van der Waals surface area (Å²) in [5.74, 6) is -0.0576. The number of hydrogen-bond acceptors (Lipinski definition) is 3. The lowest BCUT2D eigenvalue weighted by Crippen LogP contribution is -2.23. The number of unbranched alkanes of at least 4 members (excludes halogenated alkanes) is 4. The number of carbonyl (C=O) groups excluding carboxylic acids is 1. The molecule has 0 aromatic heterocycles. The Kier molecular flexibility index (Phi) is 5.05. The Balaban J connectivity index is 1.78.